The van der Waals surface area contributed by atoms with Crippen molar-refractivity contribution in [3.63, 3.8) is 0 Å². The number of aliphatic hydroxyl groups excluding tert-OH is 1. The van der Waals surface area contributed by atoms with E-state index < -0.39 is 11.7 Å². The van der Waals surface area contributed by atoms with E-state index in [9.17, 15) is 4.79 Å². The Balaban J connectivity index is 2.80. The molecule has 0 saturated carbocycles. The number of morpholine rings is 1. The molecule has 1 aliphatic rings. The zero-order valence-corrected chi connectivity index (χ0v) is 11.3. The van der Waals surface area contributed by atoms with Gasteiger partial charge in [-0.3, -0.25) is 0 Å². The third-order valence-corrected chi connectivity index (χ3v) is 3.39. The maximum atomic E-state index is 11.1. The van der Waals surface area contributed by atoms with Crippen molar-refractivity contribution >= 4 is 6.09 Å². The number of nitrogens with zero attached hydrogens (tertiary/aromatic N) is 1. The van der Waals surface area contributed by atoms with Crippen molar-refractivity contribution in [3.8, 4) is 0 Å². The van der Waals surface area contributed by atoms with Crippen LogP contribution in [0.25, 0.3) is 0 Å². The van der Waals surface area contributed by atoms with Crippen molar-refractivity contribution in [3.05, 3.63) is 0 Å². The standard InChI is InChI=1S/C12H23NO5/c1-11(2,3)12(9-17-7-5-14)8-13(10(15)16)4-6-18-12/h14H,4-9H2,1-3H3,(H,15,16)/t12-/m1/s1. The summed E-state index contributed by atoms with van der Waals surface area (Å²) < 4.78 is 11.2. The van der Waals surface area contributed by atoms with Crippen LogP contribution in [-0.2, 0) is 9.47 Å². The van der Waals surface area contributed by atoms with Crippen LogP contribution in [0.5, 0.6) is 0 Å². The Bertz CT molecular complexity index is 289. The molecule has 1 fully saturated rings. The van der Waals surface area contributed by atoms with Crippen LogP contribution in [0.2, 0.25) is 0 Å². The Morgan fingerprint density at radius 3 is 2.67 bits per heavy atom. The quantitative estimate of drug-likeness (QED) is 0.731. The van der Waals surface area contributed by atoms with Gasteiger partial charge < -0.3 is 24.6 Å². The average molecular weight is 261 g/mol. The molecule has 0 bridgehead atoms. The number of ether oxygens (including phenoxy) is 2. The maximum absolute atomic E-state index is 11.1. The smallest absolute Gasteiger partial charge is 0.407 e. The zero-order chi connectivity index (χ0) is 13.8. The molecule has 106 valence electrons. The van der Waals surface area contributed by atoms with Gasteiger partial charge in [-0.25, -0.2) is 4.79 Å². The lowest BCUT2D eigenvalue weighted by Crippen LogP contribution is -2.62. The Labute approximate surface area is 107 Å². The van der Waals surface area contributed by atoms with Crippen LogP contribution in [0.3, 0.4) is 0 Å². The van der Waals surface area contributed by atoms with Crippen LogP contribution in [0.4, 0.5) is 4.79 Å². The van der Waals surface area contributed by atoms with Crippen molar-refractivity contribution in [2.24, 2.45) is 5.41 Å². The largest absolute Gasteiger partial charge is 0.465 e. The lowest BCUT2D eigenvalue weighted by atomic mass is 9.75. The summed E-state index contributed by atoms with van der Waals surface area (Å²) in [4.78, 5) is 12.4. The second kappa shape index (κ2) is 5.86. The van der Waals surface area contributed by atoms with Gasteiger partial charge in [-0.2, -0.15) is 0 Å². The molecule has 1 aliphatic heterocycles. The van der Waals surface area contributed by atoms with Gasteiger partial charge in [-0.15, -0.1) is 0 Å². The van der Waals surface area contributed by atoms with Crippen LogP contribution < -0.4 is 0 Å². The minimum Gasteiger partial charge on any atom is -0.465 e. The number of rotatable bonds is 4. The molecule has 6 nitrogen and oxygen atoms in total. The molecule has 0 aliphatic carbocycles. The summed E-state index contributed by atoms with van der Waals surface area (Å²) in [6.07, 6.45) is -0.936. The molecule has 1 amide bonds. The summed E-state index contributed by atoms with van der Waals surface area (Å²) in [7, 11) is 0. The van der Waals surface area contributed by atoms with Gasteiger partial charge in [0.2, 0.25) is 0 Å². The molecule has 0 aromatic rings. The number of amides is 1. The van der Waals surface area contributed by atoms with Gasteiger partial charge in [0.1, 0.15) is 5.60 Å². The van der Waals surface area contributed by atoms with Crippen LogP contribution >= 0.6 is 0 Å². The third kappa shape index (κ3) is 3.34. The van der Waals surface area contributed by atoms with E-state index in [1.165, 1.54) is 4.90 Å². The highest BCUT2D eigenvalue weighted by atomic mass is 16.6. The second-order valence-corrected chi connectivity index (χ2v) is 5.57. The average Bonchev–Trinajstić information content (AvgIpc) is 2.28. The number of aliphatic hydroxyl groups is 1. The van der Waals surface area contributed by atoms with Crippen molar-refractivity contribution in [1.29, 1.82) is 0 Å². The van der Waals surface area contributed by atoms with Gasteiger partial charge in [0, 0.05) is 6.54 Å². The summed E-state index contributed by atoms with van der Waals surface area (Å²) >= 11 is 0. The summed E-state index contributed by atoms with van der Waals surface area (Å²) in [6, 6.07) is 0. The first-order chi connectivity index (χ1) is 8.32. The minimum atomic E-state index is -0.936. The fourth-order valence-electron chi connectivity index (χ4n) is 2.01. The molecule has 1 saturated heterocycles. The summed E-state index contributed by atoms with van der Waals surface area (Å²) in [5.74, 6) is 0. The van der Waals surface area contributed by atoms with Gasteiger partial charge >= 0.3 is 6.09 Å². The first-order valence-electron chi connectivity index (χ1n) is 6.13. The van der Waals surface area contributed by atoms with Gasteiger partial charge in [0.15, 0.2) is 0 Å². The van der Waals surface area contributed by atoms with E-state index in [1.54, 1.807) is 0 Å². The number of carboxylic acid groups (broad SMARTS) is 1. The van der Waals surface area contributed by atoms with E-state index in [0.717, 1.165) is 0 Å². The molecule has 6 heteroatoms. The Kier molecular flexibility index (Phi) is 4.95. The van der Waals surface area contributed by atoms with Crippen LogP contribution in [-0.4, -0.2) is 66.3 Å². The Hall–Kier alpha value is -0.850. The minimum absolute atomic E-state index is 0.0527. The molecule has 1 rings (SSSR count). The van der Waals surface area contributed by atoms with Crippen molar-refractivity contribution in [2.75, 3.05) is 39.5 Å². The number of hydrogen-bond acceptors (Lipinski definition) is 4. The first kappa shape index (κ1) is 15.2. The highest BCUT2D eigenvalue weighted by Gasteiger charge is 2.47. The van der Waals surface area contributed by atoms with Crippen molar-refractivity contribution in [1.82, 2.24) is 4.90 Å². The van der Waals surface area contributed by atoms with E-state index in [4.69, 9.17) is 19.7 Å². The van der Waals surface area contributed by atoms with Gasteiger partial charge in [-0.1, -0.05) is 20.8 Å². The Morgan fingerprint density at radius 1 is 1.50 bits per heavy atom. The van der Waals surface area contributed by atoms with Crippen LogP contribution in [0.15, 0.2) is 0 Å². The van der Waals surface area contributed by atoms with Crippen LogP contribution in [0, 0.1) is 5.41 Å². The fourth-order valence-corrected chi connectivity index (χ4v) is 2.01. The van der Waals surface area contributed by atoms with E-state index in [-0.39, 0.29) is 31.8 Å². The summed E-state index contributed by atoms with van der Waals surface area (Å²) in [5, 5.41) is 17.8. The topological polar surface area (TPSA) is 79.2 Å². The molecular weight excluding hydrogens is 238 g/mol. The normalized spacial score (nSPS) is 25.2. The fraction of sp³-hybridized carbons (Fsp3) is 0.917. The van der Waals surface area contributed by atoms with E-state index in [2.05, 4.69) is 0 Å². The number of hydrogen-bond donors (Lipinski definition) is 2. The monoisotopic (exact) mass is 261 g/mol. The number of carbonyl (C=O) groups is 1. The van der Waals surface area contributed by atoms with E-state index in [1.807, 2.05) is 20.8 Å². The second-order valence-electron chi connectivity index (χ2n) is 5.57. The SMILES string of the molecule is CC(C)(C)[C@]1(COCCO)CN(C(=O)O)CCO1. The highest BCUT2D eigenvalue weighted by molar-refractivity contribution is 5.65. The summed E-state index contributed by atoms with van der Waals surface area (Å²) in [6.45, 7) is 7.50. The van der Waals surface area contributed by atoms with E-state index in [0.29, 0.717) is 13.2 Å². The zero-order valence-electron chi connectivity index (χ0n) is 11.3. The highest BCUT2D eigenvalue weighted by Crippen LogP contribution is 2.37. The maximum Gasteiger partial charge on any atom is 0.407 e. The molecule has 0 aromatic heterocycles. The molecule has 0 radical (unpaired) electrons. The van der Waals surface area contributed by atoms with Crippen molar-refractivity contribution < 1.29 is 24.5 Å². The predicted octanol–water partition coefficient (Wildman–Crippen LogP) is 0.790. The van der Waals surface area contributed by atoms with Gasteiger partial charge in [0.25, 0.3) is 0 Å². The van der Waals surface area contributed by atoms with Gasteiger partial charge in [-0.05, 0) is 5.41 Å². The predicted molar refractivity (Wildman–Crippen MR) is 65.6 cm³/mol. The molecule has 18 heavy (non-hydrogen) atoms. The molecule has 0 spiro atoms. The lowest BCUT2D eigenvalue weighted by molar-refractivity contribution is -0.190. The molecule has 2 N–H and O–H groups in total. The molecule has 0 aromatic carbocycles. The summed E-state index contributed by atoms with van der Waals surface area (Å²) in [5.41, 5.74) is -0.921. The van der Waals surface area contributed by atoms with E-state index >= 15 is 0 Å². The molecular formula is C12H23NO5. The Morgan fingerprint density at radius 2 is 2.17 bits per heavy atom. The molecule has 1 heterocycles. The first-order valence-corrected chi connectivity index (χ1v) is 6.13. The van der Waals surface area contributed by atoms with Crippen molar-refractivity contribution in [2.45, 2.75) is 26.4 Å². The lowest BCUT2D eigenvalue weighted by Gasteiger charge is -2.49. The van der Waals surface area contributed by atoms with Crippen LogP contribution in [0.1, 0.15) is 20.8 Å². The third-order valence-electron chi connectivity index (χ3n) is 3.39. The molecule has 0 unspecified atom stereocenters. The molecule has 1 atom stereocenters. The van der Waals surface area contributed by atoms with Gasteiger partial charge in [0.05, 0.1) is 33.0 Å².